The molecule has 0 radical (unpaired) electrons. The predicted molar refractivity (Wildman–Crippen MR) is 112 cm³/mol. The number of aliphatic hydroxyl groups excluding tert-OH is 1. The van der Waals surface area contributed by atoms with E-state index in [1.165, 1.54) is 6.92 Å². The van der Waals surface area contributed by atoms with Crippen LogP contribution in [0.1, 0.15) is 65.3 Å². The van der Waals surface area contributed by atoms with Crippen LogP contribution < -0.4 is 5.32 Å². The highest BCUT2D eigenvalue weighted by Crippen LogP contribution is 2.40. The number of nitrogens with one attached hydrogen (secondary N) is 2. The van der Waals surface area contributed by atoms with Crippen LogP contribution in [0.3, 0.4) is 0 Å². The van der Waals surface area contributed by atoms with Crippen LogP contribution in [0, 0.1) is 0 Å². The molecule has 0 aliphatic carbocycles. The second-order valence-electron chi connectivity index (χ2n) is 9.70. The lowest BCUT2D eigenvalue weighted by molar-refractivity contribution is -0.181. The van der Waals surface area contributed by atoms with Crippen LogP contribution in [0.5, 0.6) is 0 Å². The van der Waals surface area contributed by atoms with E-state index in [2.05, 4.69) is 47.3 Å². The monoisotopic (exact) mass is 424 g/mol. The summed E-state index contributed by atoms with van der Waals surface area (Å²) in [6.07, 6.45) is 1.77. The molecule has 1 aromatic rings. The number of aromatic nitrogens is 2. The molecule has 2 aliphatic rings. The lowest BCUT2D eigenvalue weighted by Crippen LogP contribution is -2.65. The molecule has 1 amide bonds. The van der Waals surface area contributed by atoms with Crippen LogP contribution in [-0.2, 0) is 26.3 Å². The van der Waals surface area contributed by atoms with Gasteiger partial charge in [0.2, 0.25) is 5.91 Å². The molecule has 2 saturated heterocycles. The predicted octanol–water partition coefficient (Wildman–Crippen LogP) is 1.42. The van der Waals surface area contributed by atoms with Crippen LogP contribution in [0.2, 0.25) is 0 Å². The summed E-state index contributed by atoms with van der Waals surface area (Å²) >= 11 is 0. The summed E-state index contributed by atoms with van der Waals surface area (Å²) in [7, 11) is 0. The van der Waals surface area contributed by atoms with E-state index in [9.17, 15) is 9.90 Å². The number of carbonyl (C=O) groups is 2. The van der Waals surface area contributed by atoms with Gasteiger partial charge in [-0.3, -0.25) is 19.6 Å². The first-order chi connectivity index (χ1) is 13.9. The number of nitrogens with zero attached hydrogens (tertiary/aromatic N) is 2. The molecule has 0 aromatic carbocycles. The minimum absolute atomic E-state index is 0.0473. The number of H-pyrrole nitrogens is 1. The highest BCUT2D eigenvalue weighted by atomic mass is 16.5. The van der Waals surface area contributed by atoms with E-state index in [0.717, 1.165) is 43.9 Å². The zero-order valence-corrected chi connectivity index (χ0v) is 18.7. The molecule has 2 fully saturated rings. The Balaban J connectivity index is 0.00000101. The Kier molecular flexibility index (Phi) is 7.65. The average molecular weight is 425 g/mol. The molecule has 9 heteroatoms. The van der Waals surface area contributed by atoms with Crippen LogP contribution in [0.15, 0.2) is 6.07 Å². The summed E-state index contributed by atoms with van der Waals surface area (Å²) in [6, 6.07) is 2.16. The Labute approximate surface area is 178 Å². The van der Waals surface area contributed by atoms with Gasteiger partial charge in [0, 0.05) is 44.1 Å². The van der Waals surface area contributed by atoms with Gasteiger partial charge in [0.15, 0.2) is 0 Å². The lowest BCUT2D eigenvalue weighted by atomic mass is 9.74. The van der Waals surface area contributed by atoms with Crippen molar-refractivity contribution in [3.8, 4) is 0 Å². The van der Waals surface area contributed by atoms with Crippen molar-refractivity contribution in [2.45, 2.75) is 83.1 Å². The summed E-state index contributed by atoms with van der Waals surface area (Å²) < 4.78 is 6.09. The minimum atomic E-state index is -0.675. The fraction of sp³-hybridized carbons (Fsp3) is 0.762. The van der Waals surface area contributed by atoms with Gasteiger partial charge in [0.1, 0.15) is 6.10 Å². The topological polar surface area (TPSA) is 128 Å². The van der Waals surface area contributed by atoms with E-state index in [-0.39, 0.29) is 30.0 Å². The van der Waals surface area contributed by atoms with Gasteiger partial charge in [-0.2, -0.15) is 5.10 Å². The molecule has 170 valence electrons. The maximum absolute atomic E-state index is 11.6. The van der Waals surface area contributed by atoms with E-state index >= 15 is 0 Å². The SMILES string of the molecule is CC(=O)N[C@@]1(C)CC2(CCN(Cc3cc(C(C)(C)C)n[nH]3)CC2)OC[C@@H]1O.O=CO. The number of hydrogen-bond acceptors (Lipinski definition) is 6. The molecule has 0 saturated carbocycles. The third-order valence-electron chi connectivity index (χ3n) is 5.99. The second kappa shape index (κ2) is 9.45. The molecule has 4 N–H and O–H groups in total. The Hall–Kier alpha value is -1.97. The van der Waals surface area contributed by atoms with Crippen molar-refractivity contribution in [2.75, 3.05) is 19.7 Å². The number of hydrogen-bond donors (Lipinski definition) is 4. The summed E-state index contributed by atoms with van der Waals surface area (Å²) in [5.41, 5.74) is 1.38. The number of aromatic amines is 1. The van der Waals surface area contributed by atoms with E-state index in [0.29, 0.717) is 6.42 Å². The number of piperidine rings is 1. The normalized spacial score (nSPS) is 26.5. The third kappa shape index (κ3) is 6.02. The number of carboxylic acid groups (broad SMARTS) is 1. The molecular weight excluding hydrogens is 388 g/mol. The molecule has 1 spiro atoms. The molecule has 30 heavy (non-hydrogen) atoms. The maximum atomic E-state index is 11.6. The van der Waals surface area contributed by atoms with Gasteiger partial charge in [-0.25, -0.2) is 0 Å². The number of carbonyl (C=O) groups excluding carboxylic acids is 1. The molecule has 2 atom stereocenters. The molecule has 3 heterocycles. The van der Waals surface area contributed by atoms with Crippen molar-refractivity contribution in [3.05, 3.63) is 17.5 Å². The highest BCUT2D eigenvalue weighted by Gasteiger charge is 2.49. The molecular formula is C21H36N4O5. The molecule has 0 unspecified atom stereocenters. The number of likely N-dealkylation sites (tertiary alicyclic amines) is 1. The Bertz CT molecular complexity index is 721. The first kappa shape index (κ1) is 24.3. The van der Waals surface area contributed by atoms with Crippen molar-refractivity contribution in [1.82, 2.24) is 20.4 Å². The first-order valence-electron chi connectivity index (χ1n) is 10.4. The quantitative estimate of drug-likeness (QED) is 0.540. The zero-order chi connectivity index (χ0) is 22.6. The lowest BCUT2D eigenvalue weighted by Gasteiger charge is -2.52. The molecule has 3 rings (SSSR count). The van der Waals surface area contributed by atoms with Gasteiger partial charge in [-0.05, 0) is 25.8 Å². The van der Waals surface area contributed by atoms with Gasteiger partial charge < -0.3 is 20.3 Å². The Morgan fingerprint density at radius 3 is 2.53 bits per heavy atom. The summed E-state index contributed by atoms with van der Waals surface area (Å²) in [5.74, 6) is -0.111. The number of amides is 1. The van der Waals surface area contributed by atoms with Crippen molar-refractivity contribution in [3.63, 3.8) is 0 Å². The number of aliphatic hydroxyl groups is 1. The molecule has 9 nitrogen and oxygen atoms in total. The molecule has 2 aliphatic heterocycles. The van der Waals surface area contributed by atoms with Crippen molar-refractivity contribution >= 4 is 12.4 Å². The minimum Gasteiger partial charge on any atom is -0.483 e. The standard InChI is InChI=1S/C20H34N4O3.CH2O2/c1-14(25)21-19(5)13-20(27-12-17(19)26)6-8-24(9-7-20)11-15-10-16(23-22-15)18(2,3)4;2-1-3/h10,17,26H,6-9,11-13H2,1-5H3,(H,21,25)(H,22,23);1H,(H,2,3)/t17-,19-;/m0./s1. The zero-order valence-electron chi connectivity index (χ0n) is 18.7. The number of rotatable bonds is 3. The van der Waals surface area contributed by atoms with Gasteiger partial charge in [0.05, 0.1) is 23.4 Å². The van der Waals surface area contributed by atoms with Gasteiger partial charge >= 0.3 is 0 Å². The fourth-order valence-corrected chi connectivity index (χ4v) is 4.31. The van der Waals surface area contributed by atoms with Crippen LogP contribution in [0.25, 0.3) is 0 Å². The van der Waals surface area contributed by atoms with Crippen LogP contribution >= 0.6 is 0 Å². The summed E-state index contributed by atoms with van der Waals surface area (Å²) in [4.78, 5) is 22.4. The van der Waals surface area contributed by atoms with E-state index in [1.54, 1.807) is 0 Å². The van der Waals surface area contributed by atoms with Crippen molar-refractivity contribution < 1.29 is 24.5 Å². The molecule has 0 bridgehead atoms. The van der Waals surface area contributed by atoms with Gasteiger partial charge in [-0.15, -0.1) is 0 Å². The highest BCUT2D eigenvalue weighted by molar-refractivity contribution is 5.74. The third-order valence-corrected chi connectivity index (χ3v) is 5.99. The van der Waals surface area contributed by atoms with Crippen LogP contribution in [0.4, 0.5) is 0 Å². The smallest absolute Gasteiger partial charge is 0.290 e. The van der Waals surface area contributed by atoms with Crippen LogP contribution in [-0.4, -0.2) is 74.6 Å². The maximum Gasteiger partial charge on any atom is 0.290 e. The van der Waals surface area contributed by atoms with Crippen molar-refractivity contribution in [2.24, 2.45) is 0 Å². The van der Waals surface area contributed by atoms with E-state index in [4.69, 9.17) is 14.6 Å². The molecule has 1 aromatic heterocycles. The van der Waals surface area contributed by atoms with Gasteiger partial charge in [-0.1, -0.05) is 20.8 Å². The van der Waals surface area contributed by atoms with Crippen molar-refractivity contribution in [1.29, 1.82) is 0 Å². The fourth-order valence-electron chi connectivity index (χ4n) is 4.31. The van der Waals surface area contributed by atoms with Gasteiger partial charge in [0.25, 0.3) is 6.47 Å². The Morgan fingerprint density at radius 2 is 2.03 bits per heavy atom. The average Bonchev–Trinajstić information content (AvgIpc) is 3.10. The number of ether oxygens (including phenoxy) is 1. The van der Waals surface area contributed by atoms with E-state index in [1.807, 2.05) is 6.92 Å². The Morgan fingerprint density at radius 1 is 1.43 bits per heavy atom. The largest absolute Gasteiger partial charge is 0.483 e. The van der Waals surface area contributed by atoms with E-state index < -0.39 is 11.6 Å². The second-order valence-corrected chi connectivity index (χ2v) is 9.70. The summed E-state index contributed by atoms with van der Waals surface area (Å²) in [6.45, 7) is 12.6. The summed E-state index contributed by atoms with van der Waals surface area (Å²) in [5, 5.41) is 27.8. The first-order valence-corrected chi connectivity index (χ1v) is 10.4.